The third-order valence-corrected chi connectivity index (χ3v) is 6.62. The molecule has 0 aromatic carbocycles. The molecule has 0 aliphatic heterocycles. The molecule has 1 fully saturated rings. The normalized spacial score (nSPS) is 19.2. The van der Waals surface area contributed by atoms with Crippen LogP contribution in [0.5, 0.6) is 0 Å². The predicted octanol–water partition coefficient (Wildman–Crippen LogP) is 2.57. The van der Waals surface area contributed by atoms with E-state index in [4.69, 9.17) is 33.5 Å². The topological polar surface area (TPSA) is 155 Å². The Morgan fingerprint density at radius 1 is 1.15 bits per heavy atom. The highest BCUT2D eigenvalue weighted by molar-refractivity contribution is 6.31. The van der Waals surface area contributed by atoms with Gasteiger partial charge < -0.3 is 26.4 Å². The Hall–Kier alpha value is -2.17. The Balaban J connectivity index is 1.60. The average Bonchev–Trinajstić information content (AvgIpc) is 2.76. The molecule has 7 N–H and O–H groups in total. The Morgan fingerprint density at radius 3 is 2.53 bits per heavy atom. The number of hydrogen-bond acceptors (Lipinski definition) is 7. The Morgan fingerprint density at radius 2 is 1.85 bits per heavy atom. The molecule has 0 radical (unpaired) electrons. The summed E-state index contributed by atoms with van der Waals surface area (Å²) in [5.41, 5.74) is 16.9. The van der Waals surface area contributed by atoms with Crippen LogP contribution in [0.4, 0.5) is 11.6 Å². The molecule has 0 unspecified atom stereocenters. The summed E-state index contributed by atoms with van der Waals surface area (Å²) in [5, 5.41) is 2.36. The number of guanidine groups is 1. The van der Waals surface area contributed by atoms with Crippen molar-refractivity contribution in [2.75, 3.05) is 51.8 Å². The molecule has 11 heteroatoms. The van der Waals surface area contributed by atoms with E-state index in [1.54, 1.807) is 0 Å². The monoisotopic (exact) mass is 497 g/mol. The van der Waals surface area contributed by atoms with E-state index < -0.39 is 5.91 Å². The molecule has 1 aliphatic rings. The number of quaternary nitrogens is 1. The molecule has 0 spiro atoms. The maximum Gasteiger partial charge on any atom is 0.280 e. The first-order valence-electron chi connectivity index (χ1n) is 12.2. The lowest BCUT2D eigenvalue weighted by Crippen LogP contribution is -2.43. The van der Waals surface area contributed by atoms with Crippen molar-refractivity contribution >= 4 is 35.1 Å². The van der Waals surface area contributed by atoms with E-state index in [-0.39, 0.29) is 28.4 Å². The summed E-state index contributed by atoms with van der Waals surface area (Å²) in [7, 11) is 4.55. The predicted molar refractivity (Wildman–Crippen MR) is 138 cm³/mol. The molecule has 1 aliphatic carbocycles. The lowest BCUT2D eigenvalue weighted by atomic mass is 9.84. The third kappa shape index (κ3) is 9.60. The highest BCUT2D eigenvalue weighted by atomic mass is 35.5. The van der Waals surface area contributed by atoms with E-state index >= 15 is 0 Å². The van der Waals surface area contributed by atoms with E-state index in [1.807, 2.05) is 0 Å². The number of nitrogen functional groups attached to an aromatic ring is 2. The van der Waals surface area contributed by atoms with Crippen LogP contribution >= 0.6 is 11.6 Å². The van der Waals surface area contributed by atoms with Crippen LogP contribution in [-0.2, 0) is 4.74 Å². The third-order valence-electron chi connectivity index (χ3n) is 6.34. The molecule has 1 amide bonds. The van der Waals surface area contributed by atoms with E-state index in [0.717, 1.165) is 49.2 Å². The summed E-state index contributed by atoms with van der Waals surface area (Å²) < 4.78 is 7.18. The van der Waals surface area contributed by atoms with Crippen molar-refractivity contribution in [3.8, 4) is 0 Å². The molecule has 1 heterocycles. The highest BCUT2D eigenvalue weighted by Crippen LogP contribution is 2.29. The van der Waals surface area contributed by atoms with Gasteiger partial charge in [-0.05, 0) is 44.4 Å². The largest absolute Gasteiger partial charge is 0.382 e. The van der Waals surface area contributed by atoms with Gasteiger partial charge in [-0.3, -0.25) is 15.1 Å². The van der Waals surface area contributed by atoms with Crippen LogP contribution in [0.2, 0.25) is 5.15 Å². The van der Waals surface area contributed by atoms with Crippen molar-refractivity contribution in [1.29, 1.82) is 0 Å². The van der Waals surface area contributed by atoms with Gasteiger partial charge in [0.05, 0.1) is 33.4 Å². The lowest BCUT2D eigenvalue weighted by molar-refractivity contribution is -0.890. The van der Waals surface area contributed by atoms with Crippen LogP contribution < -0.4 is 22.5 Å². The molecular formula is C23H42ClN8O2+. The quantitative estimate of drug-likeness (QED) is 0.150. The first-order valence-corrected chi connectivity index (χ1v) is 12.6. The van der Waals surface area contributed by atoms with Crippen LogP contribution in [0.25, 0.3) is 0 Å². The van der Waals surface area contributed by atoms with Crippen molar-refractivity contribution in [2.45, 2.75) is 64.4 Å². The van der Waals surface area contributed by atoms with Crippen molar-refractivity contribution in [3.05, 3.63) is 10.8 Å². The van der Waals surface area contributed by atoms with Crippen LogP contribution in [-0.4, -0.2) is 72.8 Å². The smallest absolute Gasteiger partial charge is 0.280 e. The molecule has 10 nitrogen and oxygen atoms in total. The molecular weight excluding hydrogens is 456 g/mol. The number of carbonyl (C=O) groups is 1. The molecule has 1 aromatic heterocycles. The summed E-state index contributed by atoms with van der Waals surface area (Å²) >= 11 is 5.80. The van der Waals surface area contributed by atoms with Gasteiger partial charge in [0.2, 0.25) is 0 Å². The first kappa shape index (κ1) is 28.1. The van der Waals surface area contributed by atoms with Crippen molar-refractivity contribution < 1.29 is 14.0 Å². The second-order valence-corrected chi connectivity index (χ2v) is 10.1. The summed E-state index contributed by atoms with van der Waals surface area (Å²) in [4.78, 5) is 24.1. The number of ether oxygens (including phenoxy) is 1. The number of halogens is 1. The minimum absolute atomic E-state index is 0.0116. The molecule has 1 aromatic rings. The second-order valence-electron chi connectivity index (χ2n) is 9.75. The van der Waals surface area contributed by atoms with Crippen molar-refractivity contribution in [3.63, 3.8) is 0 Å². The van der Waals surface area contributed by atoms with E-state index in [9.17, 15) is 4.79 Å². The van der Waals surface area contributed by atoms with Crippen molar-refractivity contribution in [2.24, 2.45) is 16.6 Å². The minimum atomic E-state index is -0.625. The minimum Gasteiger partial charge on any atom is -0.382 e. The average molecular weight is 498 g/mol. The first-order chi connectivity index (χ1) is 16.1. The van der Waals surface area contributed by atoms with Gasteiger partial charge in [0, 0.05) is 6.54 Å². The fraction of sp³-hybridized carbons (Fsp3) is 0.739. The number of amides is 1. The SMILES string of the molecule is CCC[N+](C)(C)CCOC1CCC(CCCCN=C(N)NC(=O)c2nc(Cl)c(N)nc2N)CC1. The fourth-order valence-electron chi connectivity index (χ4n) is 4.34. The maximum absolute atomic E-state index is 12.2. The molecule has 1 saturated carbocycles. The van der Waals surface area contributed by atoms with Gasteiger partial charge >= 0.3 is 0 Å². The number of hydrogen-bond donors (Lipinski definition) is 4. The van der Waals surface area contributed by atoms with Gasteiger partial charge in [0.15, 0.2) is 28.4 Å². The number of nitrogens with zero attached hydrogens (tertiary/aromatic N) is 4. The Labute approximate surface area is 208 Å². The number of nitrogens with two attached hydrogens (primary N) is 3. The molecule has 0 bridgehead atoms. The summed E-state index contributed by atoms with van der Waals surface area (Å²) in [5.74, 6) is -0.0153. The number of anilines is 2. The number of unbranched alkanes of at least 4 members (excludes halogenated alkanes) is 1. The van der Waals surface area contributed by atoms with Gasteiger partial charge in [0.1, 0.15) is 6.54 Å². The van der Waals surface area contributed by atoms with Crippen LogP contribution in [0.15, 0.2) is 4.99 Å². The van der Waals surface area contributed by atoms with Gasteiger partial charge in [-0.2, -0.15) is 0 Å². The highest BCUT2D eigenvalue weighted by Gasteiger charge is 2.22. The van der Waals surface area contributed by atoms with Crippen LogP contribution in [0, 0.1) is 5.92 Å². The van der Waals surface area contributed by atoms with Gasteiger partial charge in [-0.25, -0.2) is 9.97 Å². The van der Waals surface area contributed by atoms with E-state index in [2.05, 4.69) is 41.3 Å². The Kier molecular flexibility index (Phi) is 11.3. The van der Waals surface area contributed by atoms with Gasteiger partial charge in [-0.15, -0.1) is 0 Å². The molecule has 34 heavy (non-hydrogen) atoms. The summed E-state index contributed by atoms with van der Waals surface area (Å²) in [6, 6.07) is 0. The van der Waals surface area contributed by atoms with Gasteiger partial charge in [-0.1, -0.05) is 31.4 Å². The molecule has 0 saturated heterocycles. The standard InChI is InChI=1S/C23H41ClN8O2/c1-4-13-32(2,3)14-15-34-17-10-8-16(9-11-17)7-5-6-12-28-23(27)31-22(33)18-20(25)30-21(26)19(24)29-18/h16-17H,4-15H2,1-3H3,(H6-,25,26,27,28,30,31,33)/p+1. The van der Waals surface area contributed by atoms with Crippen LogP contribution in [0.3, 0.4) is 0 Å². The zero-order valence-corrected chi connectivity index (χ0v) is 21.6. The number of aliphatic imine (C=N–C) groups is 1. The van der Waals surface area contributed by atoms with Gasteiger partial charge in [0.25, 0.3) is 5.91 Å². The summed E-state index contributed by atoms with van der Waals surface area (Å²) in [6.07, 6.45) is 9.56. The fourth-order valence-corrected chi connectivity index (χ4v) is 4.47. The lowest BCUT2D eigenvalue weighted by Gasteiger charge is -2.32. The Bertz CT molecular complexity index is 825. The maximum atomic E-state index is 12.2. The van der Waals surface area contributed by atoms with E-state index in [1.165, 1.54) is 32.2 Å². The molecule has 2 rings (SSSR count). The second kappa shape index (κ2) is 13.7. The number of aromatic nitrogens is 2. The van der Waals surface area contributed by atoms with Crippen molar-refractivity contribution in [1.82, 2.24) is 15.3 Å². The summed E-state index contributed by atoms with van der Waals surface area (Å²) in [6.45, 7) is 5.89. The number of nitrogens with one attached hydrogen (secondary N) is 1. The number of likely N-dealkylation sites (N-methyl/N-ethyl adjacent to an activating group) is 1. The van der Waals surface area contributed by atoms with Crippen LogP contribution in [0.1, 0.15) is 68.8 Å². The zero-order chi connectivity index (χ0) is 25.1. The number of rotatable bonds is 12. The molecule has 192 valence electrons. The number of carbonyl (C=O) groups excluding carboxylic acids is 1. The zero-order valence-electron chi connectivity index (χ0n) is 20.9. The molecule has 0 atom stereocenters. The van der Waals surface area contributed by atoms with E-state index in [0.29, 0.717) is 12.6 Å².